The topological polar surface area (TPSA) is 100 Å². The zero-order chi connectivity index (χ0) is 24.5. The normalized spacial score (nSPS) is 20.4. The molecule has 3 rings (SSSR count). The van der Waals surface area contributed by atoms with Gasteiger partial charge in [-0.05, 0) is 89.6 Å². The molecule has 1 heterocycles. The van der Waals surface area contributed by atoms with Crippen LogP contribution in [0.5, 0.6) is 0 Å². The second-order valence-corrected chi connectivity index (χ2v) is 9.17. The molecule has 3 N–H and O–H groups in total. The monoisotopic (exact) mass is 457 g/mol. The average Bonchev–Trinajstić information content (AvgIpc) is 3.01. The van der Waals surface area contributed by atoms with Crippen molar-refractivity contribution < 1.29 is 23.9 Å². The van der Waals surface area contributed by atoms with Gasteiger partial charge in [-0.15, -0.1) is 0 Å². The predicted octanol–water partition coefficient (Wildman–Crippen LogP) is 3.82. The van der Waals surface area contributed by atoms with Crippen LogP contribution in [0.4, 0.5) is 10.1 Å². The van der Waals surface area contributed by atoms with E-state index in [1.54, 1.807) is 25.3 Å². The third-order valence-electron chi connectivity index (χ3n) is 6.62. The number of halogens is 1. The minimum atomic E-state index is -0.717. The molecule has 1 aliphatic carbocycles. The SMILES string of the molecule is CCn1c(C)c(C(=O)Nc2ccc(F)c(C)c2)c(C)c1C(=O)C(=O)N[C@]1(C)CC[C@@H](O)CC1. The van der Waals surface area contributed by atoms with E-state index in [1.807, 2.05) is 13.8 Å². The Hall–Kier alpha value is -3.00. The second kappa shape index (κ2) is 9.47. The maximum Gasteiger partial charge on any atom is 0.294 e. The Balaban J connectivity index is 1.87. The van der Waals surface area contributed by atoms with Gasteiger partial charge in [-0.25, -0.2) is 4.39 Å². The number of aliphatic hydroxyl groups is 1. The summed E-state index contributed by atoms with van der Waals surface area (Å²) in [6, 6.07) is 4.30. The van der Waals surface area contributed by atoms with Gasteiger partial charge in [0.1, 0.15) is 5.82 Å². The van der Waals surface area contributed by atoms with Crippen molar-refractivity contribution in [1.29, 1.82) is 0 Å². The third kappa shape index (κ3) is 5.00. The number of aliphatic hydroxyl groups excluding tert-OH is 1. The standard InChI is InChI=1S/C25H32FN3O4/c1-6-29-16(4)20(23(32)27-17-7-8-19(26)14(2)13-17)15(3)21(29)22(31)24(33)28-25(5)11-9-18(30)10-12-25/h7-8,13,18,30H,6,9-12H2,1-5H3,(H,27,32)(H,28,33)/t18-,25-. The molecule has 1 aliphatic rings. The molecule has 178 valence electrons. The fraction of sp³-hybridized carbons (Fsp3) is 0.480. The Morgan fingerprint density at radius 3 is 2.39 bits per heavy atom. The third-order valence-corrected chi connectivity index (χ3v) is 6.62. The van der Waals surface area contributed by atoms with Gasteiger partial charge in [0.2, 0.25) is 0 Å². The Morgan fingerprint density at radius 1 is 1.18 bits per heavy atom. The Labute approximate surface area is 193 Å². The molecule has 0 bridgehead atoms. The number of benzene rings is 1. The number of Topliss-reactive ketones (excluding diaryl/α,β-unsaturated/α-hetero) is 1. The van der Waals surface area contributed by atoms with E-state index in [0.29, 0.717) is 60.3 Å². The number of aromatic nitrogens is 1. The van der Waals surface area contributed by atoms with E-state index in [9.17, 15) is 23.9 Å². The molecular formula is C25H32FN3O4. The first-order valence-electron chi connectivity index (χ1n) is 11.3. The number of hydrogen-bond donors (Lipinski definition) is 3. The van der Waals surface area contributed by atoms with Crippen LogP contribution in [-0.2, 0) is 11.3 Å². The summed E-state index contributed by atoms with van der Waals surface area (Å²) in [5.74, 6) is -2.20. The number of rotatable bonds is 6. The predicted molar refractivity (Wildman–Crippen MR) is 124 cm³/mol. The lowest BCUT2D eigenvalue weighted by Crippen LogP contribution is -2.51. The summed E-state index contributed by atoms with van der Waals surface area (Å²) in [6.45, 7) is 9.13. The van der Waals surface area contributed by atoms with Gasteiger partial charge in [0.25, 0.3) is 17.6 Å². The summed E-state index contributed by atoms with van der Waals surface area (Å²) >= 11 is 0. The molecule has 1 aromatic carbocycles. The summed E-state index contributed by atoms with van der Waals surface area (Å²) in [5.41, 5.74) is 1.81. The van der Waals surface area contributed by atoms with E-state index in [2.05, 4.69) is 10.6 Å². The Morgan fingerprint density at radius 2 is 1.82 bits per heavy atom. The van der Waals surface area contributed by atoms with Gasteiger partial charge in [-0.1, -0.05) is 0 Å². The number of hydrogen-bond acceptors (Lipinski definition) is 4. The number of carbonyl (C=O) groups excluding carboxylic acids is 3. The van der Waals surface area contributed by atoms with Crippen LogP contribution in [-0.4, -0.2) is 38.9 Å². The molecule has 2 amide bonds. The zero-order valence-electron chi connectivity index (χ0n) is 19.8. The smallest absolute Gasteiger partial charge is 0.294 e. The first kappa shape index (κ1) is 24.6. The summed E-state index contributed by atoms with van der Waals surface area (Å²) in [6.07, 6.45) is 1.94. The van der Waals surface area contributed by atoms with Gasteiger partial charge in [-0.2, -0.15) is 0 Å². The van der Waals surface area contributed by atoms with Crippen LogP contribution in [0, 0.1) is 26.6 Å². The largest absolute Gasteiger partial charge is 0.393 e. The molecule has 0 saturated heterocycles. The molecule has 0 spiro atoms. The minimum absolute atomic E-state index is 0.187. The number of aryl methyl sites for hydroxylation is 1. The van der Waals surface area contributed by atoms with Crippen LogP contribution < -0.4 is 10.6 Å². The molecule has 8 heteroatoms. The average molecular weight is 458 g/mol. The van der Waals surface area contributed by atoms with Crippen molar-refractivity contribution in [2.75, 3.05) is 5.32 Å². The van der Waals surface area contributed by atoms with Crippen molar-refractivity contribution in [1.82, 2.24) is 9.88 Å². The van der Waals surface area contributed by atoms with Crippen LogP contribution in [0.25, 0.3) is 0 Å². The maximum atomic E-state index is 13.6. The molecule has 1 aromatic heterocycles. The van der Waals surface area contributed by atoms with Gasteiger partial charge >= 0.3 is 0 Å². The van der Waals surface area contributed by atoms with Crippen LogP contribution >= 0.6 is 0 Å². The van der Waals surface area contributed by atoms with Gasteiger partial charge in [-0.3, -0.25) is 14.4 Å². The molecule has 0 radical (unpaired) electrons. The molecule has 7 nitrogen and oxygen atoms in total. The molecule has 1 fully saturated rings. The first-order valence-corrected chi connectivity index (χ1v) is 11.3. The molecular weight excluding hydrogens is 425 g/mol. The summed E-state index contributed by atoms with van der Waals surface area (Å²) in [7, 11) is 0. The van der Waals surface area contributed by atoms with Gasteiger partial charge in [0.15, 0.2) is 0 Å². The highest BCUT2D eigenvalue weighted by Crippen LogP contribution is 2.29. The van der Waals surface area contributed by atoms with Gasteiger partial charge in [0.05, 0.1) is 17.4 Å². The van der Waals surface area contributed by atoms with Crippen molar-refractivity contribution in [2.24, 2.45) is 0 Å². The highest BCUT2D eigenvalue weighted by molar-refractivity contribution is 6.43. The van der Waals surface area contributed by atoms with Crippen LogP contribution in [0.2, 0.25) is 0 Å². The lowest BCUT2D eigenvalue weighted by Gasteiger charge is -2.36. The van der Waals surface area contributed by atoms with E-state index in [0.717, 1.165) is 0 Å². The summed E-state index contributed by atoms with van der Waals surface area (Å²) < 4.78 is 15.2. The second-order valence-electron chi connectivity index (χ2n) is 9.17. The van der Waals surface area contributed by atoms with Crippen molar-refractivity contribution in [3.8, 4) is 0 Å². The van der Waals surface area contributed by atoms with E-state index in [1.165, 1.54) is 18.2 Å². The van der Waals surface area contributed by atoms with Crippen molar-refractivity contribution in [3.63, 3.8) is 0 Å². The maximum absolute atomic E-state index is 13.6. The van der Waals surface area contributed by atoms with Crippen molar-refractivity contribution in [2.45, 2.75) is 78.5 Å². The summed E-state index contributed by atoms with van der Waals surface area (Å²) in [4.78, 5) is 39.2. The molecule has 0 aliphatic heterocycles. The number of anilines is 1. The fourth-order valence-electron chi connectivity index (χ4n) is 4.64. The first-order chi connectivity index (χ1) is 15.5. The van der Waals surface area contributed by atoms with E-state index in [-0.39, 0.29) is 17.6 Å². The van der Waals surface area contributed by atoms with Crippen LogP contribution in [0.1, 0.15) is 77.2 Å². The molecule has 0 atom stereocenters. The minimum Gasteiger partial charge on any atom is -0.393 e. The number of nitrogens with one attached hydrogen (secondary N) is 2. The highest BCUT2D eigenvalue weighted by atomic mass is 19.1. The molecule has 1 saturated carbocycles. The molecule has 0 unspecified atom stereocenters. The highest BCUT2D eigenvalue weighted by Gasteiger charge is 2.35. The van der Waals surface area contributed by atoms with Crippen molar-refractivity contribution in [3.05, 3.63) is 52.1 Å². The lowest BCUT2D eigenvalue weighted by molar-refractivity contribution is -0.119. The quantitative estimate of drug-likeness (QED) is 0.454. The van der Waals surface area contributed by atoms with E-state index >= 15 is 0 Å². The Kier molecular flexibility index (Phi) is 7.07. The molecule has 33 heavy (non-hydrogen) atoms. The van der Waals surface area contributed by atoms with Gasteiger partial charge in [0, 0.05) is 23.5 Å². The number of amides is 2. The summed E-state index contributed by atoms with van der Waals surface area (Å²) in [5, 5.41) is 15.4. The zero-order valence-corrected chi connectivity index (χ0v) is 19.8. The van der Waals surface area contributed by atoms with Crippen molar-refractivity contribution >= 4 is 23.3 Å². The van der Waals surface area contributed by atoms with Gasteiger partial charge < -0.3 is 20.3 Å². The van der Waals surface area contributed by atoms with E-state index in [4.69, 9.17) is 0 Å². The Bertz CT molecular complexity index is 1100. The van der Waals surface area contributed by atoms with Crippen LogP contribution in [0.3, 0.4) is 0 Å². The van der Waals surface area contributed by atoms with Crippen LogP contribution in [0.15, 0.2) is 18.2 Å². The van der Waals surface area contributed by atoms with E-state index < -0.39 is 23.1 Å². The molecule has 2 aromatic rings. The fourth-order valence-corrected chi connectivity index (χ4v) is 4.64. The number of nitrogens with zero attached hydrogens (tertiary/aromatic N) is 1. The lowest BCUT2D eigenvalue weighted by atomic mass is 9.82. The number of ketones is 1. The number of carbonyl (C=O) groups is 3.